The average molecular weight is 335 g/mol. The summed E-state index contributed by atoms with van der Waals surface area (Å²) in [5, 5.41) is 28.7. The Hall–Kier alpha value is -2.00. The summed E-state index contributed by atoms with van der Waals surface area (Å²) >= 11 is 0. The molecule has 2 rings (SSSR count). The normalized spacial score (nSPS) is 21.9. The van der Waals surface area contributed by atoms with Crippen molar-refractivity contribution in [3.05, 3.63) is 17.7 Å². The Bertz CT molecular complexity index is 591. The summed E-state index contributed by atoms with van der Waals surface area (Å²) in [4.78, 5) is 10.9. The van der Waals surface area contributed by atoms with Crippen LogP contribution >= 0.6 is 0 Å². The van der Waals surface area contributed by atoms with E-state index in [2.05, 4.69) is 10.2 Å². The van der Waals surface area contributed by atoms with Gasteiger partial charge in [0.05, 0.1) is 0 Å². The molecule has 23 heavy (non-hydrogen) atoms. The van der Waals surface area contributed by atoms with E-state index in [9.17, 15) is 28.2 Å². The molecular formula is C14H16F3NO5. The van der Waals surface area contributed by atoms with Crippen molar-refractivity contribution in [2.45, 2.75) is 43.8 Å². The zero-order valence-corrected chi connectivity index (χ0v) is 11.9. The van der Waals surface area contributed by atoms with Crippen LogP contribution in [0.4, 0.5) is 13.2 Å². The van der Waals surface area contributed by atoms with Gasteiger partial charge in [0.2, 0.25) is 5.75 Å². The molecule has 4 N–H and O–H groups in total. The van der Waals surface area contributed by atoms with Crippen molar-refractivity contribution in [1.29, 1.82) is 0 Å². The van der Waals surface area contributed by atoms with E-state index >= 15 is 0 Å². The third-order valence-electron chi connectivity index (χ3n) is 3.86. The highest BCUT2D eigenvalue weighted by molar-refractivity contribution is 5.80. The standard InChI is InChI=1S/C14H16F3NO5/c15-14(16,17)13(21)23-12-10(19)5-4-9(11(12)20)7-2-1-3-8(6-7)18-22/h4-5,7-8,18-20,22H,1-3,6H2. The molecule has 2 unspecified atom stereocenters. The van der Waals surface area contributed by atoms with Gasteiger partial charge in [-0.2, -0.15) is 13.2 Å². The van der Waals surface area contributed by atoms with E-state index in [-0.39, 0.29) is 17.5 Å². The summed E-state index contributed by atoms with van der Waals surface area (Å²) in [6, 6.07) is 2.22. The van der Waals surface area contributed by atoms with Gasteiger partial charge in [0.25, 0.3) is 0 Å². The van der Waals surface area contributed by atoms with Gasteiger partial charge in [-0.1, -0.05) is 12.5 Å². The van der Waals surface area contributed by atoms with Crippen LogP contribution in [-0.4, -0.2) is 33.6 Å². The molecule has 1 aliphatic carbocycles. The second-order valence-electron chi connectivity index (χ2n) is 5.43. The summed E-state index contributed by atoms with van der Waals surface area (Å²) in [6.45, 7) is 0. The smallest absolute Gasteiger partial charge is 0.491 e. The zero-order chi connectivity index (χ0) is 17.2. The number of carbonyl (C=O) groups is 1. The number of phenolic OH excluding ortho intramolecular Hbond substituents is 2. The molecule has 2 atom stereocenters. The van der Waals surface area contributed by atoms with Crippen molar-refractivity contribution in [2.75, 3.05) is 0 Å². The van der Waals surface area contributed by atoms with Crippen LogP contribution in [0.2, 0.25) is 0 Å². The summed E-state index contributed by atoms with van der Waals surface area (Å²) in [7, 11) is 0. The van der Waals surface area contributed by atoms with Crippen molar-refractivity contribution in [1.82, 2.24) is 5.48 Å². The lowest BCUT2D eigenvalue weighted by Crippen LogP contribution is -2.31. The van der Waals surface area contributed by atoms with Gasteiger partial charge >= 0.3 is 12.1 Å². The predicted molar refractivity (Wildman–Crippen MR) is 71.4 cm³/mol. The van der Waals surface area contributed by atoms with Crippen LogP contribution in [0, 0.1) is 0 Å². The Morgan fingerprint density at radius 1 is 1.26 bits per heavy atom. The number of esters is 1. The molecule has 9 heteroatoms. The fraction of sp³-hybridized carbons (Fsp3) is 0.500. The Morgan fingerprint density at radius 3 is 2.57 bits per heavy atom. The van der Waals surface area contributed by atoms with Crippen LogP contribution in [0.25, 0.3) is 0 Å². The number of hydrogen-bond donors (Lipinski definition) is 4. The van der Waals surface area contributed by atoms with E-state index in [0.717, 1.165) is 18.9 Å². The number of rotatable bonds is 3. The lowest BCUT2D eigenvalue weighted by atomic mass is 9.81. The minimum atomic E-state index is -5.24. The van der Waals surface area contributed by atoms with Crippen molar-refractivity contribution >= 4 is 5.97 Å². The first-order valence-electron chi connectivity index (χ1n) is 6.97. The number of benzene rings is 1. The van der Waals surface area contributed by atoms with Gasteiger partial charge in [-0.15, -0.1) is 0 Å². The molecule has 0 aliphatic heterocycles. The molecule has 0 spiro atoms. The first-order valence-corrected chi connectivity index (χ1v) is 6.97. The number of ether oxygens (including phenoxy) is 1. The maximum absolute atomic E-state index is 12.3. The Labute approximate surface area is 129 Å². The van der Waals surface area contributed by atoms with Crippen molar-refractivity contribution < 1.29 is 38.1 Å². The van der Waals surface area contributed by atoms with Crippen LogP contribution in [0.5, 0.6) is 17.2 Å². The number of hydrogen-bond acceptors (Lipinski definition) is 6. The lowest BCUT2D eigenvalue weighted by molar-refractivity contribution is -0.189. The SMILES string of the molecule is O=C(Oc1c(O)ccc(C2CCCC(NO)C2)c1O)C(F)(F)F. The van der Waals surface area contributed by atoms with Crippen LogP contribution in [0.15, 0.2) is 12.1 Å². The highest BCUT2D eigenvalue weighted by atomic mass is 19.4. The monoisotopic (exact) mass is 335 g/mol. The zero-order valence-electron chi connectivity index (χ0n) is 11.9. The molecule has 0 amide bonds. The highest BCUT2D eigenvalue weighted by Crippen LogP contribution is 2.45. The van der Waals surface area contributed by atoms with E-state index in [0.29, 0.717) is 12.8 Å². The van der Waals surface area contributed by atoms with Gasteiger partial charge < -0.3 is 20.2 Å². The van der Waals surface area contributed by atoms with E-state index in [4.69, 9.17) is 5.21 Å². The number of carbonyl (C=O) groups excluding carboxylic acids is 1. The van der Waals surface area contributed by atoms with Gasteiger partial charge in [0, 0.05) is 11.6 Å². The molecule has 0 heterocycles. The quantitative estimate of drug-likeness (QED) is 0.385. The van der Waals surface area contributed by atoms with E-state index < -0.39 is 29.4 Å². The summed E-state index contributed by atoms with van der Waals surface area (Å²) in [6.07, 6.45) is -2.70. The Morgan fingerprint density at radius 2 is 1.96 bits per heavy atom. The van der Waals surface area contributed by atoms with E-state index in [1.54, 1.807) is 0 Å². The molecule has 6 nitrogen and oxygen atoms in total. The van der Waals surface area contributed by atoms with Gasteiger partial charge in [-0.3, -0.25) is 0 Å². The van der Waals surface area contributed by atoms with Gasteiger partial charge in [-0.25, -0.2) is 10.3 Å². The number of nitrogens with one attached hydrogen (secondary N) is 1. The van der Waals surface area contributed by atoms with E-state index in [1.165, 1.54) is 6.07 Å². The largest absolute Gasteiger partial charge is 0.504 e. The minimum Gasteiger partial charge on any atom is -0.504 e. The number of phenols is 2. The fourth-order valence-corrected chi connectivity index (χ4v) is 2.75. The summed E-state index contributed by atoms with van der Waals surface area (Å²) < 4.78 is 40.9. The molecule has 0 aromatic heterocycles. The second-order valence-corrected chi connectivity index (χ2v) is 5.43. The highest BCUT2D eigenvalue weighted by Gasteiger charge is 2.42. The van der Waals surface area contributed by atoms with Crippen molar-refractivity contribution in [3.8, 4) is 17.2 Å². The van der Waals surface area contributed by atoms with E-state index in [1.807, 2.05) is 0 Å². The molecule has 1 fully saturated rings. The van der Waals surface area contributed by atoms with Gasteiger partial charge in [0.15, 0.2) is 11.5 Å². The third-order valence-corrected chi connectivity index (χ3v) is 3.86. The summed E-state index contributed by atoms with van der Waals surface area (Å²) in [5.41, 5.74) is 2.39. The maximum Gasteiger partial charge on any atom is 0.491 e. The molecule has 0 bridgehead atoms. The maximum atomic E-state index is 12.3. The number of halogens is 3. The van der Waals surface area contributed by atoms with Gasteiger partial charge in [-0.05, 0) is 31.2 Å². The Kier molecular flexibility index (Phi) is 5.00. The molecule has 1 aromatic rings. The first-order chi connectivity index (χ1) is 10.7. The molecule has 128 valence electrons. The molecule has 1 aromatic carbocycles. The first kappa shape index (κ1) is 17.4. The molecule has 1 saturated carbocycles. The second kappa shape index (κ2) is 6.63. The fourth-order valence-electron chi connectivity index (χ4n) is 2.75. The van der Waals surface area contributed by atoms with Crippen LogP contribution < -0.4 is 10.2 Å². The Balaban J connectivity index is 2.29. The summed E-state index contributed by atoms with van der Waals surface area (Å²) in [5.74, 6) is -5.16. The predicted octanol–water partition coefficient (Wildman–Crippen LogP) is 2.57. The number of aromatic hydroxyl groups is 2. The van der Waals surface area contributed by atoms with Crippen LogP contribution in [0.3, 0.4) is 0 Å². The molecule has 0 saturated heterocycles. The van der Waals surface area contributed by atoms with Gasteiger partial charge in [0.1, 0.15) is 0 Å². The number of alkyl halides is 3. The molecular weight excluding hydrogens is 319 g/mol. The molecule has 1 aliphatic rings. The van der Waals surface area contributed by atoms with Crippen LogP contribution in [0.1, 0.15) is 37.2 Å². The van der Waals surface area contributed by atoms with Crippen molar-refractivity contribution in [2.24, 2.45) is 0 Å². The lowest BCUT2D eigenvalue weighted by Gasteiger charge is -2.29. The topological polar surface area (TPSA) is 99.0 Å². The minimum absolute atomic E-state index is 0.205. The van der Waals surface area contributed by atoms with Crippen molar-refractivity contribution in [3.63, 3.8) is 0 Å². The third kappa shape index (κ3) is 3.85. The number of hydroxylamine groups is 1. The average Bonchev–Trinajstić information content (AvgIpc) is 2.50. The molecule has 0 radical (unpaired) electrons. The van der Waals surface area contributed by atoms with Crippen LogP contribution in [-0.2, 0) is 4.79 Å².